The van der Waals surface area contributed by atoms with Gasteiger partial charge < -0.3 is 29.1 Å². The molecule has 8 heteroatoms. The normalized spacial score (nSPS) is 13.2. The van der Waals surface area contributed by atoms with E-state index in [0.717, 1.165) is 34.2 Å². The van der Waals surface area contributed by atoms with Crippen LogP contribution in [0, 0.1) is 0 Å². The molecule has 0 bridgehead atoms. The van der Waals surface area contributed by atoms with E-state index in [0.29, 0.717) is 44.0 Å². The first-order chi connectivity index (χ1) is 22.1. The third kappa shape index (κ3) is 6.91. The van der Waals surface area contributed by atoms with E-state index < -0.39 is 0 Å². The number of phenolic OH excluding ortho intramolecular Hbond substituents is 1. The van der Waals surface area contributed by atoms with Crippen LogP contribution in [0.2, 0.25) is 0 Å². The molecule has 0 unspecified atom stereocenters. The largest absolute Gasteiger partial charge is 0.508 e. The second-order valence-corrected chi connectivity index (χ2v) is 10.4. The summed E-state index contributed by atoms with van der Waals surface area (Å²) >= 11 is 0. The minimum Gasteiger partial charge on any atom is -0.508 e. The summed E-state index contributed by atoms with van der Waals surface area (Å²) in [5, 5.41) is 9.26. The fourth-order valence-electron chi connectivity index (χ4n) is 5.11. The number of anilines is 2. The number of aromatic hydroxyl groups is 1. The minimum atomic E-state index is -0.0873. The van der Waals surface area contributed by atoms with Gasteiger partial charge in [-0.2, -0.15) is 0 Å². The molecule has 0 atom stereocenters. The summed E-state index contributed by atoms with van der Waals surface area (Å²) in [7, 11) is 0. The molecule has 0 aromatic heterocycles. The molecular weight excluding hydrogens is 568 g/mol. The summed E-state index contributed by atoms with van der Waals surface area (Å²) in [6, 6.07) is 38.6. The van der Waals surface area contributed by atoms with Crippen LogP contribution in [0.5, 0.6) is 23.0 Å². The van der Waals surface area contributed by atoms with Gasteiger partial charge in [-0.15, -0.1) is 0 Å². The Morgan fingerprint density at radius 3 is 1.60 bits per heavy atom. The zero-order valence-electron chi connectivity index (χ0n) is 24.5. The van der Waals surface area contributed by atoms with Crippen molar-refractivity contribution in [1.82, 2.24) is 0 Å². The average Bonchev–Trinajstić information content (AvgIpc) is 3.11. The van der Waals surface area contributed by atoms with Crippen molar-refractivity contribution in [3.05, 3.63) is 144 Å². The molecule has 2 aliphatic heterocycles. The molecule has 2 aliphatic rings. The maximum Gasteiger partial charge on any atom is 0.258 e. The number of benzene rings is 5. The van der Waals surface area contributed by atoms with E-state index in [1.165, 1.54) is 12.1 Å². The molecule has 0 aliphatic carbocycles. The van der Waals surface area contributed by atoms with Crippen LogP contribution in [0.4, 0.5) is 11.4 Å². The number of phenols is 1. The van der Waals surface area contributed by atoms with Crippen LogP contribution in [-0.4, -0.2) is 43.2 Å². The number of hydrogen-bond donors (Lipinski definition) is 1. The lowest BCUT2D eigenvalue weighted by molar-refractivity contribution is 0.0969. The molecule has 1 N–H and O–H groups in total. The quantitative estimate of drug-likeness (QED) is 0.241. The van der Waals surface area contributed by atoms with Crippen molar-refractivity contribution in [2.75, 3.05) is 36.1 Å². The van der Waals surface area contributed by atoms with E-state index in [4.69, 9.17) is 14.2 Å². The van der Waals surface area contributed by atoms with Crippen molar-refractivity contribution in [2.45, 2.75) is 6.61 Å². The molecule has 226 valence electrons. The summed E-state index contributed by atoms with van der Waals surface area (Å²) in [5.74, 6) is 2.24. The van der Waals surface area contributed by atoms with Crippen molar-refractivity contribution >= 4 is 23.2 Å². The van der Waals surface area contributed by atoms with Gasteiger partial charge in [0.05, 0.1) is 24.5 Å². The van der Waals surface area contributed by atoms with Gasteiger partial charge >= 0.3 is 0 Å². The van der Waals surface area contributed by atoms with Gasteiger partial charge in [0.1, 0.15) is 42.8 Å². The van der Waals surface area contributed by atoms with Gasteiger partial charge in [0.15, 0.2) is 0 Å². The van der Waals surface area contributed by atoms with E-state index in [1.807, 2.05) is 91.0 Å². The summed E-state index contributed by atoms with van der Waals surface area (Å²) in [4.78, 5) is 28.8. The average molecular weight is 601 g/mol. The van der Waals surface area contributed by atoms with Gasteiger partial charge in [0.2, 0.25) is 0 Å². The lowest BCUT2D eigenvalue weighted by Gasteiger charge is -2.29. The summed E-state index contributed by atoms with van der Waals surface area (Å²) < 4.78 is 16.9. The van der Waals surface area contributed by atoms with Crippen molar-refractivity contribution in [3.8, 4) is 23.0 Å². The molecule has 0 radical (unpaired) electrons. The highest BCUT2D eigenvalue weighted by molar-refractivity contribution is 6.08. The molecule has 0 spiro atoms. The fourth-order valence-corrected chi connectivity index (χ4v) is 5.11. The van der Waals surface area contributed by atoms with Crippen LogP contribution >= 0.6 is 0 Å². The van der Waals surface area contributed by atoms with Gasteiger partial charge in [0.25, 0.3) is 11.8 Å². The molecular formula is C37H32N2O6. The van der Waals surface area contributed by atoms with Crippen molar-refractivity contribution in [2.24, 2.45) is 0 Å². The smallest absolute Gasteiger partial charge is 0.258 e. The standard InChI is InChI=1S/C22H19NO3.C15H13NO3/c24-22(23-14-15-25-21-9-5-4-8-20(21)23)18-10-12-19(13-11-18)26-16-17-6-2-1-3-7-17;17-12-7-5-11(6-8-12)15(18)16-9-10-19-14-4-2-1-3-13(14)16/h1-13H,14-16H2;1-8,17H,9-10H2. The summed E-state index contributed by atoms with van der Waals surface area (Å²) in [5.41, 5.74) is 3.89. The minimum absolute atomic E-state index is 0.0321. The summed E-state index contributed by atoms with van der Waals surface area (Å²) in [6.07, 6.45) is 0. The predicted molar refractivity (Wildman–Crippen MR) is 173 cm³/mol. The highest BCUT2D eigenvalue weighted by Gasteiger charge is 2.25. The Bertz CT molecular complexity index is 1760. The third-order valence-corrected chi connectivity index (χ3v) is 7.41. The number of para-hydroxylation sites is 4. The topological polar surface area (TPSA) is 88.5 Å². The Kier molecular flexibility index (Phi) is 8.92. The maximum atomic E-state index is 12.9. The number of nitrogens with zero attached hydrogens (tertiary/aromatic N) is 2. The molecule has 2 heterocycles. The first-order valence-corrected chi connectivity index (χ1v) is 14.7. The number of ether oxygens (including phenoxy) is 3. The molecule has 8 nitrogen and oxygen atoms in total. The Hall–Kier alpha value is -5.76. The molecule has 5 aromatic rings. The second-order valence-electron chi connectivity index (χ2n) is 10.4. The number of hydrogen-bond acceptors (Lipinski definition) is 6. The van der Waals surface area contributed by atoms with Gasteiger partial charge in [-0.25, -0.2) is 0 Å². The molecule has 0 fully saturated rings. The number of carbonyl (C=O) groups excluding carboxylic acids is 2. The lowest BCUT2D eigenvalue weighted by Crippen LogP contribution is -2.37. The monoisotopic (exact) mass is 600 g/mol. The molecule has 7 rings (SSSR count). The molecule has 0 saturated heterocycles. The lowest BCUT2D eigenvalue weighted by atomic mass is 10.1. The Morgan fingerprint density at radius 1 is 0.600 bits per heavy atom. The van der Waals surface area contributed by atoms with E-state index in [9.17, 15) is 14.7 Å². The van der Waals surface area contributed by atoms with Crippen LogP contribution in [0.25, 0.3) is 0 Å². The van der Waals surface area contributed by atoms with Gasteiger partial charge in [-0.3, -0.25) is 9.59 Å². The van der Waals surface area contributed by atoms with E-state index in [1.54, 1.807) is 34.1 Å². The molecule has 45 heavy (non-hydrogen) atoms. The van der Waals surface area contributed by atoms with Crippen molar-refractivity contribution in [1.29, 1.82) is 0 Å². The zero-order valence-corrected chi connectivity index (χ0v) is 24.5. The van der Waals surface area contributed by atoms with Crippen LogP contribution in [0.3, 0.4) is 0 Å². The first kappa shape index (κ1) is 29.3. The van der Waals surface area contributed by atoms with E-state index >= 15 is 0 Å². The Morgan fingerprint density at radius 2 is 1.07 bits per heavy atom. The van der Waals surface area contributed by atoms with Crippen LogP contribution in [0.1, 0.15) is 26.3 Å². The molecule has 5 aromatic carbocycles. The summed E-state index contributed by atoms with van der Waals surface area (Å²) in [6.45, 7) is 2.56. The highest BCUT2D eigenvalue weighted by atomic mass is 16.5. The second kappa shape index (κ2) is 13.7. The number of fused-ring (bicyclic) bond motifs is 2. The van der Waals surface area contributed by atoms with Gasteiger partial charge in [-0.05, 0) is 78.4 Å². The van der Waals surface area contributed by atoms with E-state index in [-0.39, 0.29) is 17.6 Å². The highest BCUT2D eigenvalue weighted by Crippen LogP contribution is 2.33. The number of rotatable bonds is 5. The zero-order chi connectivity index (χ0) is 31.0. The fraction of sp³-hybridized carbons (Fsp3) is 0.135. The maximum absolute atomic E-state index is 12.9. The van der Waals surface area contributed by atoms with Gasteiger partial charge in [-0.1, -0.05) is 54.6 Å². The Labute approximate surface area is 261 Å². The number of amides is 2. The van der Waals surface area contributed by atoms with Crippen LogP contribution in [0.15, 0.2) is 127 Å². The predicted octanol–water partition coefficient (Wildman–Crippen LogP) is 6.74. The molecule has 2 amide bonds. The SMILES string of the molecule is O=C(c1ccc(O)cc1)N1CCOc2ccccc21.O=C(c1ccc(OCc2ccccc2)cc1)N1CCOc2ccccc21. The molecule has 0 saturated carbocycles. The van der Waals surface area contributed by atoms with Crippen molar-refractivity contribution < 1.29 is 28.9 Å². The van der Waals surface area contributed by atoms with E-state index in [2.05, 4.69) is 0 Å². The van der Waals surface area contributed by atoms with Crippen molar-refractivity contribution in [3.63, 3.8) is 0 Å². The number of carbonyl (C=O) groups is 2. The Balaban J connectivity index is 0.000000167. The first-order valence-electron chi connectivity index (χ1n) is 14.7. The van der Waals surface area contributed by atoms with Gasteiger partial charge in [0, 0.05) is 11.1 Å². The third-order valence-electron chi connectivity index (χ3n) is 7.41. The van der Waals surface area contributed by atoms with Crippen LogP contribution < -0.4 is 24.0 Å². The van der Waals surface area contributed by atoms with Crippen LogP contribution in [-0.2, 0) is 6.61 Å².